The van der Waals surface area contributed by atoms with Crippen LogP contribution >= 0.6 is 0 Å². The number of aromatic nitrogens is 3. The molecule has 1 N–H and O–H groups in total. The number of fused-ring (bicyclic) bond motifs is 1. The molecule has 0 bridgehead atoms. The van der Waals surface area contributed by atoms with Crippen molar-refractivity contribution < 1.29 is 5.11 Å². The third-order valence-corrected chi connectivity index (χ3v) is 10.7. The molecular formula is C41H45N3OSi. The third kappa shape index (κ3) is 6.04. The molecule has 0 amide bonds. The van der Waals surface area contributed by atoms with Gasteiger partial charge < -0.3 is 5.11 Å². The van der Waals surface area contributed by atoms with E-state index in [1.807, 2.05) is 36.4 Å². The van der Waals surface area contributed by atoms with E-state index >= 15 is 0 Å². The number of benzene rings is 4. The zero-order valence-electron chi connectivity index (χ0n) is 28.4. The summed E-state index contributed by atoms with van der Waals surface area (Å²) in [6, 6.07) is 33.6. The Hall–Kier alpha value is -4.48. The summed E-state index contributed by atoms with van der Waals surface area (Å²) >= 11 is 0. The Balaban J connectivity index is 1.54. The van der Waals surface area contributed by atoms with E-state index in [0.29, 0.717) is 5.92 Å². The van der Waals surface area contributed by atoms with E-state index in [1.54, 1.807) is 0 Å². The number of pyridine rings is 1. The van der Waals surface area contributed by atoms with Crippen molar-refractivity contribution in [3.8, 4) is 45.2 Å². The first kappa shape index (κ1) is 31.5. The number of rotatable bonds is 7. The molecule has 46 heavy (non-hydrogen) atoms. The molecule has 0 saturated carbocycles. The third-order valence-electron chi connectivity index (χ3n) is 8.68. The van der Waals surface area contributed by atoms with Crippen LogP contribution in [-0.2, 0) is 11.8 Å². The molecule has 2 aromatic heterocycles. The Morgan fingerprint density at radius 3 is 2.15 bits per heavy atom. The fourth-order valence-electron chi connectivity index (χ4n) is 6.47. The second-order valence-corrected chi connectivity index (χ2v) is 19.9. The van der Waals surface area contributed by atoms with E-state index in [-0.39, 0.29) is 11.2 Å². The van der Waals surface area contributed by atoms with Crippen molar-refractivity contribution in [2.24, 2.45) is 5.92 Å². The molecule has 0 radical (unpaired) electrons. The lowest BCUT2D eigenvalue weighted by atomic mass is 9.85. The molecule has 4 aromatic carbocycles. The normalized spacial score (nSPS) is 12.3. The van der Waals surface area contributed by atoms with Crippen LogP contribution in [0.25, 0.3) is 50.5 Å². The summed E-state index contributed by atoms with van der Waals surface area (Å²) in [7, 11) is -1.53. The molecular weight excluding hydrogens is 579 g/mol. The average Bonchev–Trinajstić information content (AvgIpc) is 3.40. The van der Waals surface area contributed by atoms with Crippen LogP contribution in [0, 0.1) is 5.92 Å². The molecule has 4 nitrogen and oxygen atoms in total. The second-order valence-electron chi connectivity index (χ2n) is 14.9. The van der Waals surface area contributed by atoms with E-state index in [4.69, 9.17) is 9.97 Å². The van der Waals surface area contributed by atoms with Gasteiger partial charge in [0.05, 0.1) is 30.4 Å². The molecule has 6 rings (SSSR count). The minimum atomic E-state index is -1.53. The number of aromatic hydroxyl groups is 1. The molecule has 5 heteroatoms. The van der Waals surface area contributed by atoms with Crippen LogP contribution in [0.2, 0.25) is 19.6 Å². The van der Waals surface area contributed by atoms with E-state index in [2.05, 4.69) is 126 Å². The molecule has 0 fully saturated rings. The Bertz CT molecular complexity index is 2030. The van der Waals surface area contributed by atoms with E-state index in [1.165, 1.54) is 10.8 Å². The highest BCUT2D eigenvalue weighted by molar-refractivity contribution is 6.89. The molecule has 234 valence electrons. The van der Waals surface area contributed by atoms with E-state index < -0.39 is 8.07 Å². The molecule has 0 aliphatic rings. The largest absolute Gasteiger partial charge is 0.507 e. The summed E-state index contributed by atoms with van der Waals surface area (Å²) in [5.41, 5.74) is 9.93. The molecule has 0 unspecified atom stereocenters. The van der Waals surface area contributed by atoms with Crippen LogP contribution in [0.3, 0.4) is 0 Å². The Morgan fingerprint density at radius 2 is 1.46 bits per heavy atom. The fraction of sp³-hybridized carbons (Fsp3) is 0.268. The van der Waals surface area contributed by atoms with Crippen molar-refractivity contribution in [2.75, 3.05) is 0 Å². The van der Waals surface area contributed by atoms with Gasteiger partial charge in [-0.2, -0.15) is 0 Å². The Labute approximate surface area is 274 Å². The van der Waals surface area contributed by atoms with Gasteiger partial charge in [0.15, 0.2) is 0 Å². The summed E-state index contributed by atoms with van der Waals surface area (Å²) < 4.78 is 2.17. The van der Waals surface area contributed by atoms with Gasteiger partial charge in [0, 0.05) is 23.0 Å². The van der Waals surface area contributed by atoms with Crippen LogP contribution in [0.4, 0.5) is 0 Å². The van der Waals surface area contributed by atoms with Crippen LogP contribution in [0.1, 0.15) is 45.7 Å². The Kier molecular flexibility index (Phi) is 8.24. The van der Waals surface area contributed by atoms with Crippen LogP contribution in [0.5, 0.6) is 5.75 Å². The summed E-state index contributed by atoms with van der Waals surface area (Å²) in [5.74, 6) is 1.57. The first-order valence-electron chi connectivity index (χ1n) is 16.3. The maximum atomic E-state index is 11.6. The van der Waals surface area contributed by atoms with Gasteiger partial charge in [0.1, 0.15) is 11.6 Å². The quantitative estimate of drug-likeness (QED) is 0.180. The van der Waals surface area contributed by atoms with Crippen molar-refractivity contribution in [1.29, 1.82) is 0 Å². The number of imidazole rings is 1. The van der Waals surface area contributed by atoms with Gasteiger partial charge in [0.25, 0.3) is 0 Å². The molecule has 0 saturated heterocycles. The van der Waals surface area contributed by atoms with Gasteiger partial charge in [-0.3, -0.25) is 9.55 Å². The standard InChI is InChI=1S/C41H45N3OSi/c1-27(2)23-30-25-35(42-26-37(30)46(6,7)8)29-16-12-15-28(24-29)32-19-14-22-36-38(32)43-40(44(36)31-17-10-9-11-18-31)33-20-13-21-34(39(33)45)41(3,4)5/h9-22,24-27,45H,23H2,1-8H3. The smallest absolute Gasteiger partial charge is 0.149 e. The number of phenols is 1. The minimum Gasteiger partial charge on any atom is -0.507 e. The maximum absolute atomic E-state index is 11.6. The van der Waals surface area contributed by atoms with Gasteiger partial charge in [0.2, 0.25) is 0 Å². The van der Waals surface area contributed by atoms with Crippen molar-refractivity contribution in [3.05, 3.63) is 114 Å². The van der Waals surface area contributed by atoms with Crippen molar-refractivity contribution in [1.82, 2.24) is 14.5 Å². The number of para-hydroxylation sites is 3. The van der Waals surface area contributed by atoms with Gasteiger partial charge in [-0.1, -0.05) is 115 Å². The molecule has 6 aromatic rings. The fourth-order valence-corrected chi connectivity index (χ4v) is 8.05. The van der Waals surface area contributed by atoms with Crippen LogP contribution in [-0.4, -0.2) is 27.7 Å². The summed E-state index contributed by atoms with van der Waals surface area (Å²) in [5, 5.41) is 13.1. The maximum Gasteiger partial charge on any atom is 0.149 e. The predicted molar refractivity (Wildman–Crippen MR) is 197 cm³/mol. The highest BCUT2D eigenvalue weighted by atomic mass is 28.3. The van der Waals surface area contributed by atoms with Crippen molar-refractivity contribution in [2.45, 2.75) is 66.1 Å². The van der Waals surface area contributed by atoms with E-state index in [0.717, 1.165) is 62.5 Å². The highest BCUT2D eigenvalue weighted by Crippen LogP contribution is 2.41. The van der Waals surface area contributed by atoms with Gasteiger partial charge in [-0.05, 0) is 76.0 Å². The molecule has 0 spiro atoms. The summed E-state index contributed by atoms with van der Waals surface area (Å²) in [6.45, 7) is 18.1. The minimum absolute atomic E-state index is 0.217. The number of hydrogen-bond acceptors (Lipinski definition) is 3. The van der Waals surface area contributed by atoms with Crippen molar-refractivity contribution in [3.63, 3.8) is 0 Å². The molecule has 2 heterocycles. The molecule has 0 aliphatic carbocycles. The lowest BCUT2D eigenvalue weighted by Crippen LogP contribution is -2.40. The zero-order valence-corrected chi connectivity index (χ0v) is 29.4. The summed E-state index contributed by atoms with van der Waals surface area (Å²) in [6.07, 6.45) is 3.19. The Morgan fingerprint density at radius 1 is 0.783 bits per heavy atom. The molecule has 0 atom stereocenters. The number of phenolic OH excluding ortho intramolecular Hbond substituents is 1. The highest BCUT2D eigenvalue weighted by Gasteiger charge is 2.25. The van der Waals surface area contributed by atoms with Crippen LogP contribution < -0.4 is 5.19 Å². The number of hydrogen-bond donors (Lipinski definition) is 1. The van der Waals surface area contributed by atoms with E-state index in [9.17, 15) is 5.11 Å². The second kappa shape index (κ2) is 12.0. The SMILES string of the molecule is CC(C)Cc1cc(-c2cccc(-c3cccc4c3nc(-c3cccc(C(C)(C)C)c3O)n4-c3ccccc3)c2)ncc1[Si](C)(C)C. The average molecular weight is 624 g/mol. The lowest BCUT2D eigenvalue weighted by Gasteiger charge is -2.22. The topological polar surface area (TPSA) is 50.9 Å². The monoisotopic (exact) mass is 623 g/mol. The first-order chi connectivity index (χ1) is 21.8. The van der Waals surface area contributed by atoms with Gasteiger partial charge in [-0.25, -0.2) is 4.98 Å². The molecule has 0 aliphatic heterocycles. The first-order valence-corrected chi connectivity index (χ1v) is 19.8. The zero-order chi connectivity index (χ0) is 32.8. The van der Waals surface area contributed by atoms with Gasteiger partial charge >= 0.3 is 0 Å². The predicted octanol–water partition coefficient (Wildman–Crippen LogP) is 10.2. The van der Waals surface area contributed by atoms with Crippen LogP contribution in [0.15, 0.2) is 103 Å². The lowest BCUT2D eigenvalue weighted by molar-refractivity contribution is 0.448. The van der Waals surface area contributed by atoms with Crippen molar-refractivity contribution >= 4 is 24.3 Å². The number of nitrogens with zero attached hydrogens (tertiary/aromatic N) is 3. The van der Waals surface area contributed by atoms with Gasteiger partial charge in [-0.15, -0.1) is 0 Å². The summed E-state index contributed by atoms with van der Waals surface area (Å²) in [4.78, 5) is 10.3.